The summed E-state index contributed by atoms with van der Waals surface area (Å²) in [4.78, 5) is 4.04. The molecular formula is C11H17ClN2. The Kier molecular flexibility index (Phi) is 4.74. The number of pyridine rings is 1. The minimum atomic E-state index is 0.215. The van der Waals surface area contributed by atoms with Crippen molar-refractivity contribution in [1.29, 1.82) is 0 Å². The Bertz CT molecular complexity index is 276. The van der Waals surface area contributed by atoms with E-state index < -0.39 is 0 Å². The predicted octanol–water partition coefficient (Wildman–Crippen LogP) is 3.21. The van der Waals surface area contributed by atoms with Gasteiger partial charge in [0.05, 0.1) is 5.38 Å². The summed E-state index contributed by atoms with van der Waals surface area (Å²) in [5.41, 5.74) is 2.29. The molecule has 0 spiro atoms. The lowest BCUT2D eigenvalue weighted by atomic mass is 10.2. The molecule has 0 radical (unpaired) electrons. The average Bonchev–Trinajstić information content (AvgIpc) is 2.17. The lowest BCUT2D eigenvalue weighted by Gasteiger charge is -2.12. The molecule has 1 rings (SSSR count). The van der Waals surface area contributed by atoms with E-state index in [-0.39, 0.29) is 5.38 Å². The predicted molar refractivity (Wildman–Crippen MR) is 62.0 cm³/mol. The van der Waals surface area contributed by atoms with Gasteiger partial charge in [-0.3, -0.25) is 4.98 Å². The van der Waals surface area contributed by atoms with Crippen molar-refractivity contribution in [3.05, 3.63) is 24.0 Å². The minimum Gasteiger partial charge on any atom is -0.383 e. The number of anilines is 1. The second-order valence-electron chi connectivity index (χ2n) is 3.46. The second-order valence-corrected chi connectivity index (χ2v) is 4.07. The molecule has 0 aromatic carbocycles. The molecular weight excluding hydrogens is 196 g/mol. The molecule has 0 fully saturated rings. The van der Waals surface area contributed by atoms with Gasteiger partial charge >= 0.3 is 0 Å². The van der Waals surface area contributed by atoms with Gasteiger partial charge in [-0.05, 0) is 25.0 Å². The van der Waals surface area contributed by atoms with Gasteiger partial charge in [-0.2, -0.15) is 0 Å². The van der Waals surface area contributed by atoms with Crippen LogP contribution in [0.5, 0.6) is 0 Å². The van der Waals surface area contributed by atoms with Crippen molar-refractivity contribution in [3.8, 4) is 0 Å². The zero-order valence-corrected chi connectivity index (χ0v) is 9.51. The lowest BCUT2D eigenvalue weighted by molar-refractivity contribution is 0.751. The highest BCUT2D eigenvalue weighted by molar-refractivity contribution is 6.20. The van der Waals surface area contributed by atoms with Gasteiger partial charge in [0.25, 0.3) is 0 Å². The van der Waals surface area contributed by atoms with Gasteiger partial charge in [-0.25, -0.2) is 0 Å². The van der Waals surface area contributed by atoms with Crippen LogP contribution in [-0.4, -0.2) is 16.9 Å². The fourth-order valence-electron chi connectivity index (χ4n) is 1.31. The van der Waals surface area contributed by atoms with Gasteiger partial charge in [-0.15, -0.1) is 11.6 Å². The zero-order valence-electron chi connectivity index (χ0n) is 8.76. The molecule has 78 valence electrons. The Labute approximate surface area is 90.7 Å². The number of aryl methyl sites for hydroxylation is 1. The molecule has 1 unspecified atom stereocenters. The van der Waals surface area contributed by atoms with E-state index in [1.54, 1.807) is 6.20 Å². The first kappa shape index (κ1) is 11.3. The van der Waals surface area contributed by atoms with Crippen LogP contribution >= 0.6 is 11.6 Å². The van der Waals surface area contributed by atoms with E-state index >= 15 is 0 Å². The molecule has 0 saturated carbocycles. The topological polar surface area (TPSA) is 24.9 Å². The van der Waals surface area contributed by atoms with Crippen molar-refractivity contribution in [2.24, 2.45) is 0 Å². The normalized spacial score (nSPS) is 12.5. The summed E-state index contributed by atoms with van der Waals surface area (Å²) >= 11 is 6.11. The fraction of sp³-hybridized carbons (Fsp3) is 0.545. The Morgan fingerprint density at radius 1 is 1.57 bits per heavy atom. The second kappa shape index (κ2) is 5.86. The molecule has 0 aliphatic rings. The molecule has 0 aliphatic heterocycles. The first-order valence-electron chi connectivity index (χ1n) is 5.02. The van der Waals surface area contributed by atoms with E-state index in [1.165, 1.54) is 0 Å². The first-order chi connectivity index (χ1) is 6.74. The van der Waals surface area contributed by atoms with Gasteiger partial charge in [0.15, 0.2) is 0 Å². The van der Waals surface area contributed by atoms with Gasteiger partial charge in [0, 0.05) is 24.6 Å². The molecule has 0 amide bonds. The van der Waals surface area contributed by atoms with Crippen molar-refractivity contribution >= 4 is 17.3 Å². The number of rotatable bonds is 5. The van der Waals surface area contributed by atoms with Crippen LogP contribution in [0.3, 0.4) is 0 Å². The van der Waals surface area contributed by atoms with Crippen LogP contribution in [0.25, 0.3) is 0 Å². The molecule has 0 saturated heterocycles. The van der Waals surface area contributed by atoms with Crippen molar-refractivity contribution in [2.75, 3.05) is 11.9 Å². The van der Waals surface area contributed by atoms with Gasteiger partial charge < -0.3 is 5.32 Å². The molecule has 0 aliphatic carbocycles. The van der Waals surface area contributed by atoms with Crippen LogP contribution in [-0.2, 0) is 0 Å². The van der Waals surface area contributed by atoms with Crippen LogP contribution in [0.15, 0.2) is 18.5 Å². The summed E-state index contributed by atoms with van der Waals surface area (Å²) in [6.07, 6.45) is 5.83. The van der Waals surface area contributed by atoms with Gasteiger partial charge in [0.1, 0.15) is 0 Å². The van der Waals surface area contributed by atoms with E-state index in [9.17, 15) is 0 Å². The summed E-state index contributed by atoms with van der Waals surface area (Å²) in [5.74, 6) is 0. The highest BCUT2D eigenvalue weighted by Gasteiger charge is 2.03. The van der Waals surface area contributed by atoms with E-state index in [1.807, 2.05) is 19.2 Å². The fourth-order valence-corrected chi connectivity index (χ4v) is 1.60. The molecule has 3 heteroatoms. The van der Waals surface area contributed by atoms with Crippen LogP contribution in [0.1, 0.15) is 25.3 Å². The molecule has 14 heavy (non-hydrogen) atoms. The Hall–Kier alpha value is -0.760. The monoisotopic (exact) mass is 212 g/mol. The smallest absolute Gasteiger partial charge is 0.0508 e. The summed E-state index contributed by atoms with van der Waals surface area (Å²) in [5, 5.41) is 3.54. The molecule has 0 bridgehead atoms. The summed E-state index contributed by atoms with van der Waals surface area (Å²) < 4.78 is 0. The van der Waals surface area contributed by atoms with Crippen LogP contribution in [0.4, 0.5) is 5.69 Å². The minimum absolute atomic E-state index is 0.215. The zero-order chi connectivity index (χ0) is 10.4. The number of hydrogen-bond acceptors (Lipinski definition) is 2. The molecule has 1 atom stereocenters. The van der Waals surface area contributed by atoms with Crippen LogP contribution < -0.4 is 5.32 Å². The summed E-state index contributed by atoms with van der Waals surface area (Å²) in [6.45, 7) is 5.01. The van der Waals surface area contributed by atoms with E-state index in [0.717, 1.165) is 30.6 Å². The number of nitrogens with zero attached hydrogens (tertiary/aromatic N) is 1. The maximum Gasteiger partial charge on any atom is 0.0508 e. The lowest BCUT2D eigenvalue weighted by Crippen LogP contribution is -2.14. The first-order valence-corrected chi connectivity index (χ1v) is 5.46. The maximum absolute atomic E-state index is 6.11. The molecule has 1 heterocycles. The third kappa shape index (κ3) is 3.54. The van der Waals surface area contributed by atoms with Crippen molar-refractivity contribution in [3.63, 3.8) is 0 Å². The standard InChI is InChI=1S/C11H17ClN2/c1-3-4-10(12)8-14-11-5-6-13-7-9(11)2/h5-7,10H,3-4,8H2,1-2H3,(H,13,14). The summed E-state index contributed by atoms with van der Waals surface area (Å²) in [7, 11) is 0. The van der Waals surface area contributed by atoms with E-state index in [0.29, 0.717) is 0 Å². The van der Waals surface area contributed by atoms with Crippen LogP contribution in [0, 0.1) is 6.92 Å². The Morgan fingerprint density at radius 3 is 3.00 bits per heavy atom. The maximum atomic E-state index is 6.11. The van der Waals surface area contributed by atoms with E-state index in [2.05, 4.69) is 17.2 Å². The number of nitrogens with one attached hydrogen (secondary N) is 1. The highest BCUT2D eigenvalue weighted by atomic mass is 35.5. The van der Waals surface area contributed by atoms with Crippen molar-refractivity contribution in [1.82, 2.24) is 4.98 Å². The van der Waals surface area contributed by atoms with Gasteiger partial charge in [-0.1, -0.05) is 13.3 Å². The number of halogens is 1. The third-order valence-electron chi connectivity index (χ3n) is 2.14. The molecule has 1 N–H and O–H groups in total. The number of aromatic nitrogens is 1. The van der Waals surface area contributed by atoms with Gasteiger partial charge in [0.2, 0.25) is 0 Å². The Morgan fingerprint density at radius 2 is 2.36 bits per heavy atom. The van der Waals surface area contributed by atoms with Crippen molar-refractivity contribution in [2.45, 2.75) is 32.1 Å². The number of alkyl halides is 1. The third-order valence-corrected chi connectivity index (χ3v) is 2.51. The van der Waals surface area contributed by atoms with E-state index in [4.69, 9.17) is 11.6 Å². The SMILES string of the molecule is CCCC(Cl)CNc1ccncc1C. The molecule has 1 aromatic rings. The molecule has 2 nitrogen and oxygen atoms in total. The summed E-state index contributed by atoms with van der Waals surface area (Å²) in [6, 6.07) is 1.98. The highest BCUT2D eigenvalue weighted by Crippen LogP contribution is 2.13. The Balaban J connectivity index is 2.41. The van der Waals surface area contributed by atoms with Crippen molar-refractivity contribution < 1.29 is 0 Å². The quantitative estimate of drug-likeness (QED) is 0.759. The van der Waals surface area contributed by atoms with Crippen LogP contribution in [0.2, 0.25) is 0 Å². The number of hydrogen-bond donors (Lipinski definition) is 1. The largest absolute Gasteiger partial charge is 0.383 e. The average molecular weight is 213 g/mol. The molecule has 1 aromatic heterocycles.